The predicted octanol–water partition coefficient (Wildman–Crippen LogP) is 4.05. The van der Waals surface area contributed by atoms with Gasteiger partial charge in [0.1, 0.15) is 16.4 Å². The van der Waals surface area contributed by atoms with E-state index in [2.05, 4.69) is 6.92 Å². The van der Waals surface area contributed by atoms with Crippen molar-refractivity contribution in [1.82, 2.24) is 0 Å². The van der Waals surface area contributed by atoms with E-state index in [0.717, 1.165) is 18.9 Å². The first-order chi connectivity index (χ1) is 15.4. The van der Waals surface area contributed by atoms with Crippen molar-refractivity contribution in [2.75, 3.05) is 0 Å². The first-order valence-corrected chi connectivity index (χ1v) is 13.4. The molecule has 0 saturated carbocycles. The third-order valence-electron chi connectivity index (χ3n) is 5.66. The summed E-state index contributed by atoms with van der Waals surface area (Å²) < 4.78 is 37.9. The van der Waals surface area contributed by atoms with Crippen LogP contribution in [-0.2, 0) is 16.5 Å². The largest absolute Gasteiger partial charge is 1.00 e. The molecule has 0 atom stereocenters. The zero-order valence-corrected chi connectivity index (χ0v) is 24.2. The molecule has 0 amide bonds. The minimum atomic E-state index is -4.54. The number of ether oxygens (including phenoxy) is 1. The maximum atomic E-state index is 11.5. The minimum absolute atomic E-state index is 0. The van der Waals surface area contributed by atoms with E-state index in [0.29, 0.717) is 5.75 Å². The van der Waals surface area contributed by atoms with E-state index in [4.69, 9.17) is 4.74 Å². The fraction of sp³-hybridized carbons (Fsp3) is 0.538. The van der Waals surface area contributed by atoms with Gasteiger partial charge in [-0.3, -0.25) is 4.55 Å². The molecule has 5 nitrogen and oxygen atoms in total. The van der Waals surface area contributed by atoms with Crippen LogP contribution in [0, 0.1) is 0 Å². The van der Waals surface area contributed by atoms with E-state index < -0.39 is 20.8 Å². The van der Waals surface area contributed by atoms with E-state index in [1.54, 1.807) is 12.1 Å². The number of rotatable bonds is 16. The van der Waals surface area contributed by atoms with Crippen LogP contribution in [-0.4, -0.2) is 13.0 Å². The van der Waals surface area contributed by atoms with E-state index in [9.17, 15) is 18.1 Å². The Hall–Kier alpha value is -0.414. The number of unbranched alkanes of at least 4 members (excludes halogenated alkanes) is 11. The topological polar surface area (TPSA) is 86.7 Å². The van der Waals surface area contributed by atoms with Crippen LogP contribution in [0.15, 0.2) is 47.4 Å². The first kappa shape index (κ1) is 30.6. The van der Waals surface area contributed by atoms with Crippen LogP contribution in [0.1, 0.15) is 89.5 Å². The van der Waals surface area contributed by atoms with Crippen molar-refractivity contribution >= 4 is 10.1 Å². The molecule has 0 aliphatic carbocycles. The fourth-order valence-corrected chi connectivity index (χ4v) is 4.42. The van der Waals surface area contributed by atoms with Crippen molar-refractivity contribution in [3.63, 3.8) is 0 Å². The molecular weight excluding hydrogens is 463 g/mol. The molecule has 2 aromatic carbocycles. The average Bonchev–Trinajstić information content (AvgIpc) is 2.76. The van der Waals surface area contributed by atoms with Crippen molar-refractivity contribution < 1.29 is 74.2 Å². The summed E-state index contributed by atoms with van der Waals surface area (Å²) in [5.74, 6) is -0.129. The Kier molecular flexibility index (Phi) is 15.9. The second-order valence-electron chi connectivity index (χ2n) is 8.47. The van der Waals surface area contributed by atoms with Crippen molar-refractivity contribution in [2.45, 2.75) is 95.3 Å². The van der Waals surface area contributed by atoms with Crippen LogP contribution in [0.25, 0.3) is 0 Å². The maximum absolute atomic E-state index is 11.5. The number of hydrogen-bond donors (Lipinski definition) is 1. The molecule has 0 radical (unpaired) electrons. The molecule has 0 fully saturated rings. The van der Waals surface area contributed by atoms with Gasteiger partial charge in [-0.2, -0.15) is 8.42 Å². The van der Waals surface area contributed by atoms with Crippen molar-refractivity contribution in [3.8, 4) is 17.2 Å². The normalized spacial score (nSPS) is 11.2. The summed E-state index contributed by atoms with van der Waals surface area (Å²) in [6, 6.07) is 10.8. The van der Waals surface area contributed by atoms with E-state index >= 15 is 0 Å². The first-order valence-electron chi connectivity index (χ1n) is 12.0. The Balaban J connectivity index is 0.00000544. The second kappa shape index (κ2) is 17.1. The minimum Gasteiger partial charge on any atom is -0.872 e. The Morgan fingerprint density at radius 2 is 1.30 bits per heavy atom. The number of hydrogen-bond acceptors (Lipinski definition) is 4. The molecule has 0 heterocycles. The summed E-state index contributed by atoms with van der Waals surface area (Å²) in [4.78, 5) is -0.523. The van der Waals surface area contributed by atoms with Gasteiger partial charge in [-0.15, -0.1) is 5.75 Å². The Bertz CT molecular complexity index is 897. The molecule has 33 heavy (non-hydrogen) atoms. The molecule has 2 rings (SSSR count). The van der Waals surface area contributed by atoms with Crippen LogP contribution in [0.3, 0.4) is 0 Å². The molecule has 0 aromatic heterocycles. The molecule has 0 spiro atoms. The molecule has 7 heteroatoms. The summed E-state index contributed by atoms with van der Waals surface area (Å²) in [6.45, 7) is 2.26. The second-order valence-corrected chi connectivity index (χ2v) is 9.86. The Morgan fingerprint density at radius 1 is 0.788 bits per heavy atom. The zero-order chi connectivity index (χ0) is 23.2. The maximum Gasteiger partial charge on any atom is 1.00 e. The van der Waals surface area contributed by atoms with Crippen LogP contribution < -0.4 is 61.2 Å². The molecule has 0 saturated heterocycles. The molecule has 0 aliphatic rings. The standard InChI is InChI=1S/C26H38O5S.K/c1-2-3-4-5-6-7-8-9-10-11-12-13-14-22-15-18-24(19-16-22)31-25-20-17-23(27)21-26(25)32(28,29)30;/h15-21,27H,2-14H2,1H3,(H,28,29,30);/q;+1/p-1. The molecular formula is C26H37KO5S. The van der Waals surface area contributed by atoms with E-state index in [1.807, 2.05) is 12.1 Å². The summed E-state index contributed by atoms with van der Waals surface area (Å²) in [6.07, 6.45) is 16.9. The summed E-state index contributed by atoms with van der Waals surface area (Å²) in [5.41, 5.74) is 1.20. The quantitative estimate of drug-likeness (QED) is 0.213. The Morgan fingerprint density at radius 3 is 1.82 bits per heavy atom. The molecule has 178 valence electrons. The Labute approximate surface area is 242 Å². The molecule has 2 aromatic rings. The van der Waals surface area contributed by atoms with Crippen LogP contribution >= 0.6 is 0 Å². The fourth-order valence-electron chi connectivity index (χ4n) is 3.80. The van der Waals surface area contributed by atoms with Crippen molar-refractivity contribution in [3.05, 3.63) is 48.0 Å². The summed E-state index contributed by atoms with van der Waals surface area (Å²) >= 11 is 0. The summed E-state index contributed by atoms with van der Waals surface area (Å²) in [5, 5.41) is 11.4. The van der Waals surface area contributed by atoms with Crippen LogP contribution in [0.2, 0.25) is 0 Å². The van der Waals surface area contributed by atoms with E-state index in [1.165, 1.54) is 88.3 Å². The molecule has 0 aliphatic heterocycles. The van der Waals surface area contributed by atoms with Gasteiger partial charge in [0.05, 0.1) is 0 Å². The van der Waals surface area contributed by atoms with Gasteiger partial charge in [0.15, 0.2) is 0 Å². The van der Waals surface area contributed by atoms with Crippen LogP contribution in [0.4, 0.5) is 0 Å². The third-order valence-corrected chi connectivity index (χ3v) is 6.54. The number of benzene rings is 2. The van der Waals surface area contributed by atoms with Crippen molar-refractivity contribution in [2.24, 2.45) is 0 Å². The van der Waals surface area contributed by atoms with Gasteiger partial charge in [-0.05, 0) is 42.7 Å². The smallest absolute Gasteiger partial charge is 0.872 e. The molecule has 0 bridgehead atoms. The number of aryl methyl sites for hydroxylation is 1. The van der Waals surface area contributed by atoms with Crippen molar-refractivity contribution in [1.29, 1.82) is 0 Å². The van der Waals surface area contributed by atoms with E-state index in [-0.39, 0.29) is 57.1 Å². The average molecular weight is 501 g/mol. The molecule has 1 N–H and O–H groups in total. The monoisotopic (exact) mass is 500 g/mol. The van der Waals surface area contributed by atoms with Gasteiger partial charge >= 0.3 is 51.4 Å². The van der Waals surface area contributed by atoms with Gasteiger partial charge < -0.3 is 9.84 Å². The van der Waals surface area contributed by atoms with Gasteiger partial charge in [0, 0.05) is 0 Å². The predicted molar refractivity (Wildman–Crippen MR) is 127 cm³/mol. The van der Waals surface area contributed by atoms with Gasteiger partial charge in [-0.1, -0.05) is 95.8 Å². The summed E-state index contributed by atoms with van der Waals surface area (Å²) in [7, 11) is -4.54. The SMILES string of the molecule is CCCCCCCCCCCCCCc1ccc(Oc2ccc([O-])cc2S(=O)(=O)O)cc1.[K+]. The van der Waals surface area contributed by atoms with Crippen LogP contribution in [0.5, 0.6) is 17.2 Å². The molecule has 0 unspecified atom stereocenters. The van der Waals surface area contributed by atoms with Gasteiger partial charge in [0.2, 0.25) is 0 Å². The van der Waals surface area contributed by atoms with Gasteiger partial charge in [-0.25, -0.2) is 0 Å². The zero-order valence-electron chi connectivity index (χ0n) is 20.2. The third kappa shape index (κ3) is 12.7. The van der Waals surface area contributed by atoms with Gasteiger partial charge in [0.25, 0.3) is 10.1 Å².